The highest BCUT2D eigenvalue weighted by molar-refractivity contribution is 5.66. The lowest BCUT2D eigenvalue weighted by molar-refractivity contribution is 0.324. The standard InChI is InChI=1S/C21H26N4O2/c1-22-11-12-25(2)15-21-20(14-23-24-21)16-7-9-17(10-8-16)27-19-6-4-5-18(13-19)26-3/h4-10,13-14,22H,11-12,15H2,1-3H3,(H,23,24). The Morgan fingerprint density at radius 2 is 1.85 bits per heavy atom. The average molecular weight is 366 g/mol. The highest BCUT2D eigenvalue weighted by Gasteiger charge is 2.11. The number of likely N-dealkylation sites (N-methyl/N-ethyl adjacent to an activating group) is 2. The summed E-state index contributed by atoms with van der Waals surface area (Å²) in [6.07, 6.45) is 1.94. The summed E-state index contributed by atoms with van der Waals surface area (Å²) in [4.78, 5) is 2.25. The normalized spacial score (nSPS) is 11.0. The summed E-state index contributed by atoms with van der Waals surface area (Å²) >= 11 is 0. The maximum Gasteiger partial charge on any atom is 0.131 e. The SMILES string of the molecule is CNCCN(C)Cc1n[nH]cc1-c1ccc(Oc2cccc(OC)c2)cc1. The monoisotopic (exact) mass is 366 g/mol. The molecular weight excluding hydrogens is 340 g/mol. The third kappa shape index (κ3) is 5.09. The van der Waals surface area contributed by atoms with Gasteiger partial charge >= 0.3 is 0 Å². The molecule has 2 aromatic carbocycles. The quantitative estimate of drug-likeness (QED) is 0.607. The van der Waals surface area contributed by atoms with Crippen LogP contribution in [-0.2, 0) is 6.54 Å². The number of rotatable bonds is 9. The zero-order valence-corrected chi connectivity index (χ0v) is 16.0. The van der Waals surface area contributed by atoms with Gasteiger partial charge in [0.2, 0.25) is 0 Å². The first kappa shape index (κ1) is 18.9. The van der Waals surface area contributed by atoms with E-state index in [4.69, 9.17) is 9.47 Å². The average Bonchev–Trinajstić information content (AvgIpc) is 3.15. The van der Waals surface area contributed by atoms with Crippen molar-refractivity contribution in [3.63, 3.8) is 0 Å². The maximum absolute atomic E-state index is 5.91. The van der Waals surface area contributed by atoms with E-state index >= 15 is 0 Å². The van der Waals surface area contributed by atoms with Crippen molar-refractivity contribution in [2.24, 2.45) is 0 Å². The van der Waals surface area contributed by atoms with Crippen molar-refractivity contribution in [2.75, 3.05) is 34.3 Å². The van der Waals surface area contributed by atoms with Gasteiger partial charge in [-0.2, -0.15) is 5.10 Å². The zero-order valence-electron chi connectivity index (χ0n) is 16.0. The first-order chi connectivity index (χ1) is 13.2. The number of methoxy groups -OCH3 is 1. The van der Waals surface area contributed by atoms with Gasteiger partial charge in [0.05, 0.1) is 12.8 Å². The van der Waals surface area contributed by atoms with E-state index in [9.17, 15) is 0 Å². The van der Waals surface area contributed by atoms with Crippen molar-refractivity contribution in [2.45, 2.75) is 6.54 Å². The van der Waals surface area contributed by atoms with Crippen LogP contribution in [-0.4, -0.2) is 49.4 Å². The number of aromatic nitrogens is 2. The minimum atomic E-state index is 0.747. The van der Waals surface area contributed by atoms with Gasteiger partial charge in [0.15, 0.2) is 0 Å². The van der Waals surface area contributed by atoms with E-state index in [0.717, 1.165) is 53.7 Å². The molecule has 3 aromatic rings. The topological polar surface area (TPSA) is 62.4 Å². The second-order valence-electron chi connectivity index (χ2n) is 6.39. The van der Waals surface area contributed by atoms with Crippen molar-refractivity contribution in [3.05, 3.63) is 60.4 Å². The molecule has 3 rings (SSSR count). The molecule has 0 radical (unpaired) electrons. The molecule has 0 unspecified atom stereocenters. The van der Waals surface area contributed by atoms with E-state index in [-0.39, 0.29) is 0 Å². The van der Waals surface area contributed by atoms with E-state index in [2.05, 4.69) is 39.6 Å². The Labute approximate surface area is 160 Å². The van der Waals surface area contributed by atoms with Gasteiger partial charge in [0.1, 0.15) is 17.2 Å². The first-order valence-corrected chi connectivity index (χ1v) is 8.97. The van der Waals surface area contributed by atoms with Crippen molar-refractivity contribution in [3.8, 4) is 28.4 Å². The minimum absolute atomic E-state index is 0.747. The van der Waals surface area contributed by atoms with E-state index in [0.29, 0.717) is 0 Å². The lowest BCUT2D eigenvalue weighted by atomic mass is 10.1. The number of hydrogen-bond donors (Lipinski definition) is 2. The number of nitrogens with zero attached hydrogens (tertiary/aromatic N) is 2. The second kappa shape index (κ2) is 9.21. The molecule has 0 atom stereocenters. The summed E-state index contributed by atoms with van der Waals surface area (Å²) in [5.74, 6) is 2.30. The molecule has 0 fully saturated rings. The molecule has 0 saturated carbocycles. The third-order valence-electron chi connectivity index (χ3n) is 4.32. The fraction of sp³-hybridized carbons (Fsp3) is 0.286. The zero-order chi connectivity index (χ0) is 19.1. The summed E-state index contributed by atoms with van der Waals surface area (Å²) in [6.45, 7) is 2.71. The summed E-state index contributed by atoms with van der Waals surface area (Å²) in [7, 11) is 5.70. The lowest BCUT2D eigenvalue weighted by Crippen LogP contribution is -2.27. The predicted octanol–water partition coefficient (Wildman–Crippen LogP) is 3.53. The van der Waals surface area contributed by atoms with Gasteiger partial charge in [-0.15, -0.1) is 0 Å². The summed E-state index contributed by atoms with van der Waals surface area (Å²) < 4.78 is 11.1. The van der Waals surface area contributed by atoms with Crippen molar-refractivity contribution < 1.29 is 9.47 Å². The van der Waals surface area contributed by atoms with Gasteiger partial charge in [0.25, 0.3) is 0 Å². The molecule has 0 amide bonds. The molecule has 6 nitrogen and oxygen atoms in total. The van der Waals surface area contributed by atoms with Crippen molar-refractivity contribution in [1.29, 1.82) is 0 Å². The van der Waals surface area contributed by atoms with Crippen molar-refractivity contribution >= 4 is 0 Å². The smallest absolute Gasteiger partial charge is 0.131 e. The van der Waals surface area contributed by atoms with Gasteiger partial charge in [-0.05, 0) is 43.9 Å². The first-order valence-electron chi connectivity index (χ1n) is 8.97. The van der Waals surface area contributed by atoms with Gasteiger partial charge in [0, 0.05) is 37.5 Å². The Bertz CT molecular complexity index is 845. The van der Waals surface area contributed by atoms with Crippen LogP contribution in [0.1, 0.15) is 5.69 Å². The van der Waals surface area contributed by atoms with Crippen LogP contribution < -0.4 is 14.8 Å². The van der Waals surface area contributed by atoms with Crippen LogP contribution >= 0.6 is 0 Å². The molecule has 142 valence electrons. The molecule has 2 N–H and O–H groups in total. The number of ether oxygens (including phenoxy) is 2. The number of H-pyrrole nitrogens is 1. The van der Waals surface area contributed by atoms with Crippen LogP contribution in [0.15, 0.2) is 54.7 Å². The molecule has 1 heterocycles. The Kier molecular flexibility index (Phi) is 6.46. The molecule has 6 heteroatoms. The van der Waals surface area contributed by atoms with Gasteiger partial charge < -0.3 is 14.8 Å². The summed E-state index contributed by atoms with van der Waals surface area (Å²) in [5, 5.41) is 10.6. The largest absolute Gasteiger partial charge is 0.497 e. The predicted molar refractivity (Wildman–Crippen MR) is 107 cm³/mol. The van der Waals surface area contributed by atoms with Gasteiger partial charge in [-0.25, -0.2) is 0 Å². The van der Waals surface area contributed by atoms with Crippen LogP contribution in [0.3, 0.4) is 0 Å². The summed E-state index contributed by atoms with van der Waals surface area (Å²) in [6, 6.07) is 15.6. The number of nitrogens with one attached hydrogen (secondary N) is 2. The molecule has 0 aliphatic rings. The Morgan fingerprint density at radius 1 is 1.07 bits per heavy atom. The van der Waals surface area contributed by atoms with Gasteiger partial charge in [-0.3, -0.25) is 10.00 Å². The second-order valence-corrected chi connectivity index (χ2v) is 6.39. The fourth-order valence-electron chi connectivity index (χ4n) is 2.83. The molecule has 0 saturated heterocycles. The van der Waals surface area contributed by atoms with Crippen LogP contribution in [0, 0.1) is 0 Å². The molecule has 0 bridgehead atoms. The molecule has 1 aromatic heterocycles. The number of aromatic amines is 1. The van der Waals surface area contributed by atoms with E-state index < -0.39 is 0 Å². The van der Waals surface area contributed by atoms with Gasteiger partial charge in [-0.1, -0.05) is 18.2 Å². The van der Waals surface area contributed by atoms with E-state index in [1.54, 1.807) is 7.11 Å². The molecule has 0 spiro atoms. The molecule has 0 aliphatic heterocycles. The summed E-state index contributed by atoms with van der Waals surface area (Å²) in [5.41, 5.74) is 3.26. The molecule has 0 aliphatic carbocycles. The number of benzene rings is 2. The fourth-order valence-corrected chi connectivity index (χ4v) is 2.83. The highest BCUT2D eigenvalue weighted by atomic mass is 16.5. The third-order valence-corrected chi connectivity index (χ3v) is 4.32. The number of hydrogen-bond acceptors (Lipinski definition) is 5. The Hall–Kier alpha value is -2.83. The van der Waals surface area contributed by atoms with Crippen molar-refractivity contribution in [1.82, 2.24) is 20.4 Å². The van der Waals surface area contributed by atoms with E-state index in [1.165, 1.54) is 0 Å². The Morgan fingerprint density at radius 3 is 2.59 bits per heavy atom. The minimum Gasteiger partial charge on any atom is -0.497 e. The lowest BCUT2D eigenvalue weighted by Gasteiger charge is -2.15. The molecule has 27 heavy (non-hydrogen) atoms. The van der Waals surface area contributed by atoms with Crippen LogP contribution in [0.4, 0.5) is 0 Å². The molecular formula is C21H26N4O2. The van der Waals surface area contributed by atoms with Crippen LogP contribution in [0.2, 0.25) is 0 Å². The van der Waals surface area contributed by atoms with Crippen LogP contribution in [0.5, 0.6) is 17.2 Å². The van der Waals surface area contributed by atoms with Crippen LogP contribution in [0.25, 0.3) is 11.1 Å². The maximum atomic E-state index is 5.91. The van der Waals surface area contributed by atoms with E-state index in [1.807, 2.05) is 49.6 Å². The Balaban J connectivity index is 1.69. The highest BCUT2D eigenvalue weighted by Crippen LogP contribution is 2.28.